The molecule has 3 aromatic heterocycles. The fourth-order valence-corrected chi connectivity index (χ4v) is 6.06. The lowest BCUT2D eigenvalue weighted by Crippen LogP contribution is -2.45. The summed E-state index contributed by atoms with van der Waals surface area (Å²) in [5.74, 6) is 0.880. The highest BCUT2D eigenvalue weighted by Crippen LogP contribution is 2.35. The number of tetrazole rings is 1. The number of aromatic nitrogens is 8. The van der Waals surface area contributed by atoms with Crippen molar-refractivity contribution in [3.05, 3.63) is 48.1 Å². The van der Waals surface area contributed by atoms with Crippen LogP contribution in [0.4, 0.5) is 24.8 Å². The van der Waals surface area contributed by atoms with Crippen molar-refractivity contribution >= 4 is 23.2 Å². The van der Waals surface area contributed by atoms with Gasteiger partial charge in [-0.3, -0.25) is 14.3 Å². The number of rotatable bonds is 13. The number of anilines is 2. The van der Waals surface area contributed by atoms with Crippen LogP contribution in [0.2, 0.25) is 5.02 Å². The maximum absolute atomic E-state index is 12.5. The summed E-state index contributed by atoms with van der Waals surface area (Å²) in [6, 6.07) is 5.99. The van der Waals surface area contributed by atoms with Crippen molar-refractivity contribution in [1.29, 1.82) is 0 Å². The summed E-state index contributed by atoms with van der Waals surface area (Å²) in [5.41, 5.74) is 1.93. The van der Waals surface area contributed by atoms with Crippen molar-refractivity contribution in [2.24, 2.45) is 0 Å². The second-order valence-corrected chi connectivity index (χ2v) is 12.0. The third kappa shape index (κ3) is 9.09. The summed E-state index contributed by atoms with van der Waals surface area (Å²) in [4.78, 5) is 11.4. The molecule has 0 bridgehead atoms. The summed E-state index contributed by atoms with van der Waals surface area (Å²) >= 11 is 6.41. The van der Waals surface area contributed by atoms with Crippen LogP contribution in [0.3, 0.4) is 0 Å². The van der Waals surface area contributed by atoms with Gasteiger partial charge in [0.15, 0.2) is 0 Å². The Hall–Kier alpha value is -4.06. The molecule has 2 fully saturated rings. The maximum atomic E-state index is 12.5. The van der Waals surface area contributed by atoms with Crippen LogP contribution in [-0.4, -0.2) is 103 Å². The van der Waals surface area contributed by atoms with Gasteiger partial charge < -0.3 is 19.5 Å². The van der Waals surface area contributed by atoms with Gasteiger partial charge in [-0.1, -0.05) is 17.7 Å². The maximum Gasteiger partial charge on any atom is 0.522 e. The molecule has 1 atom stereocenters. The van der Waals surface area contributed by atoms with Crippen molar-refractivity contribution in [2.75, 3.05) is 44.8 Å². The second-order valence-electron chi connectivity index (χ2n) is 11.6. The number of nitrogens with zero attached hydrogens (tertiary/aromatic N) is 9. The normalized spacial score (nSPS) is 19.6. The third-order valence-corrected chi connectivity index (χ3v) is 8.53. The number of morpholine rings is 1. The van der Waals surface area contributed by atoms with Gasteiger partial charge in [0.05, 0.1) is 43.6 Å². The lowest BCUT2D eigenvalue weighted by atomic mass is 9.90. The molecule has 258 valence electrons. The minimum absolute atomic E-state index is 0.117. The summed E-state index contributed by atoms with van der Waals surface area (Å²) < 4.78 is 62.0. The standard InChI is InChI=1S/C30H36ClF3N10O4/c1-20(17-43-19-37-40-41-43)48-27-14-21(2-7-25(27)31)22-15-35-29(36-16-22)38-26-18-44(39-28(26)46-12-13-47-30(32,33)34)24-5-3-23(4-6-24)42-8-10-45-11-9-42/h2,7,14-16,18-20,23-24H,3-6,8-13,17H2,1H3,(H,35,36,38)/t20-,23-,24-/m0/s1. The number of ether oxygens (including phenoxy) is 4. The van der Waals surface area contributed by atoms with E-state index in [4.69, 9.17) is 25.8 Å². The molecule has 0 radical (unpaired) electrons. The van der Waals surface area contributed by atoms with Gasteiger partial charge in [0.2, 0.25) is 5.95 Å². The predicted octanol–water partition coefficient (Wildman–Crippen LogP) is 4.92. The highest BCUT2D eigenvalue weighted by molar-refractivity contribution is 6.32. The lowest BCUT2D eigenvalue weighted by molar-refractivity contribution is -0.325. The van der Waals surface area contributed by atoms with E-state index in [0.717, 1.165) is 57.6 Å². The third-order valence-electron chi connectivity index (χ3n) is 8.21. The van der Waals surface area contributed by atoms with E-state index in [0.29, 0.717) is 34.6 Å². The molecule has 1 aromatic carbocycles. The van der Waals surface area contributed by atoms with Crippen molar-refractivity contribution in [3.8, 4) is 22.8 Å². The lowest BCUT2D eigenvalue weighted by Gasteiger charge is -2.38. The molecule has 1 N–H and O–H groups in total. The summed E-state index contributed by atoms with van der Waals surface area (Å²) in [7, 11) is 0. The van der Waals surface area contributed by atoms with Crippen LogP contribution in [0, 0.1) is 0 Å². The van der Waals surface area contributed by atoms with Crippen LogP contribution < -0.4 is 14.8 Å². The van der Waals surface area contributed by atoms with Crippen LogP contribution in [0.1, 0.15) is 38.6 Å². The smallest absolute Gasteiger partial charge is 0.487 e. The Balaban J connectivity index is 1.12. The molecule has 0 spiro atoms. The predicted molar refractivity (Wildman–Crippen MR) is 167 cm³/mol. The Bertz CT molecular complexity index is 1600. The van der Waals surface area contributed by atoms with Gasteiger partial charge in [-0.15, -0.1) is 23.4 Å². The van der Waals surface area contributed by atoms with E-state index in [-0.39, 0.29) is 30.6 Å². The quantitative estimate of drug-likeness (QED) is 0.190. The highest BCUT2D eigenvalue weighted by Gasteiger charge is 2.30. The van der Waals surface area contributed by atoms with Crippen LogP contribution >= 0.6 is 11.6 Å². The SMILES string of the molecule is C[C@@H](Cn1cnnn1)Oc1cc(-c2cnc(Nc3cn([C@H]4CC[C@H](N5CCOCC5)CC4)nc3OCCOC(F)(F)F)nc2)ccc1Cl. The average molecular weight is 693 g/mol. The van der Waals surface area contributed by atoms with Crippen LogP contribution in [0.5, 0.6) is 11.6 Å². The van der Waals surface area contributed by atoms with Gasteiger partial charge >= 0.3 is 6.36 Å². The molecule has 1 saturated carbocycles. The molecule has 4 heterocycles. The second kappa shape index (κ2) is 15.4. The molecular weight excluding hydrogens is 657 g/mol. The van der Waals surface area contributed by atoms with Gasteiger partial charge in [0.1, 0.15) is 30.5 Å². The number of alkyl halides is 3. The molecule has 48 heavy (non-hydrogen) atoms. The first kappa shape index (κ1) is 33.8. The molecule has 1 saturated heterocycles. The van der Waals surface area contributed by atoms with Crippen LogP contribution in [-0.2, 0) is 16.0 Å². The Morgan fingerprint density at radius 2 is 1.79 bits per heavy atom. The van der Waals surface area contributed by atoms with E-state index in [1.54, 1.807) is 35.4 Å². The van der Waals surface area contributed by atoms with E-state index in [1.807, 2.05) is 17.7 Å². The molecule has 0 amide bonds. The summed E-state index contributed by atoms with van der Waals surface area (Å²) in [6.07, 6.45) is 5.42. The van der Waals surface area contributed by atoms with Crippen molar-refractivity contribution in [1.82, 2.24) is 44.9 Å². The van der Waals surface area contributed by atoms with E-state index in [1.165, 1.54) is 6.33 Å². The highest BCUT2D eigenvalue weighted by atomic mass is 35.5. The van der Waals surface area contributed by atoms with Gasteiger partial charge in [-0.25, -0.2) is 14.6 Å². The van der Waals surface area contributed by atoms with Crippen LogP contribution in [0.15, 0.2) is 43.1 Å². The molecule has 2 aliphatic rings. The van der Waals surface area contributed by atoms with Gasteiger partial charge in [0, 0.05) is 37.1 Å². The number of nitrogens with one attached hydrogen (secondary N) is 1. The average Bonchev–Trinajstić information content (AvgIpc) is 3.74. The van der Waals surface area contributed by atoms with Gasteiger partial charge in [0.25, 0.3) is 5.88 Å². The Labute approximate surface area is 279 Å². The molecule has 1 aliphatic carbocycles. The van der Waals surface area contributed by atoms with Gasteiger partial charge in [-0.2, -0.15) is 0 Å². The Morgan fingerprint density at radius 1 is 1.04 bits per heavy atom. The van der Waals surface area contributed by atoms with Crippen molar-refractivity contribution < 1.29 is 32.1 Å². The Kier molecular flexibility index (Phi) is 10.9. The molecule has 6 rings (SSSR count). The zero-order chi connectivity index (χ0) is 33.5. The molecule has 4 aromatic rings. The molecule has 1 aliphatic heterocycles. The van der Waals surface area contributed by atoms with E-state index in [2.05, 4.69) is 45.5 Å². The molecule has 18 heteroatoms. The van der Waals surface area contributed by atoms with E-state index >= 15 is 0 Å². The fourth-order valence-electron chi connectivity index (χ4n) is 5.90. The summed E-state index contributed by atoms with van der Waals surface area (Å²) in [5, 5.41) is 19.3. The zero-order valence-corrected chi connectivity index (χ0v) is 27.0. The number of hydrogen-bond donors (Lipinski definition) is 1. The molecule has 0 unspecified atom stereocenters. The number of halogens is 4. The topological polar surface area (TPSA) is 139 Å². The minimum Gasteiger partial charge on any atom is -0.487 e. The zero-order valence-electron chi connectivity index (χ0n) is 26.2. The minimum atomic E-state index is -4.75. The first-order chi connectivity index (χ1) is 23.2. The summed E-state index contributed by atoms with van der Waals surface area (Å²) in [6.45, 7) is 4.70. The van der Waals surface area contributed by atoms with Gasteiger partial charge in [-0.05, 0) is 60.7 Å². The van der Waals surface area contributed by atoms with Crippen molar-refractivity contribution in [2.45, 2.75) is 63.7 Å². The molecule has 14 nitrogen and oxygen atoms in total. The van der Waals surface area contributed by atoms with Crippen molar-refractivity contribution in [3.63, 3.8) is 0 Å². The monoisotopic (exact) mass is 692 g/mol. The Morgan fingerprint density at radius 3 is 2.50 bits per heavy atom. The van der Waals surface area contributed by atoms with E-state index in [9.17, 15) is 13.2 Å². The fraction of sp³-hybridized carbons (Fsp3) is 0.533. The molecular formula is C30H36ClF3N10O4. The first-order valence-electron chi connectivity index (χ1n) is 15.7. The number of benzene rings is 1. The van der Waals surface area contributed by atoms with Crippen LogP contribution in [0.25, 0.3) is 11.1 Å². The largest absolute Gasteiger partial charge is 0.522 e. The first-order valence-corrected chi connectivity index (χ1v) is 16.1. The number of hydrogen-bond acceptors (Lipinski definition) is 12. The van der Waals surface area contributed by atoms with E-state index < -0.39 is 13.0 Å².